The van der Waals surface area contributed by atoms with Gasteiger partial charge in [0.15, 0.2) is 0 Å². The first-order valence-electron chi connectivity index (χ1n) is 1.82. The van der Waals surface area contributed by atoms with E-state index in [0.29, 0.717) is 0 Å². The van der Waals surface area contributed by atoms with Gasteiger partial charge in [0.05, 0.1) is 0 Å². The molecule has 0 spiro atoms. The van der Waals surface area contributed by atoms with Crippen LogP contribution in [0.4, 0.5) is 0 Å². The van der Waals surface area contributed by atoms with E-state index < -0.39 is 0 Å². The Morgan fingerprint density at radius 1 is 1.43 bits per heavy atom. The average Bonchev–Trinajstić information content (AvgIpc) is 1.36. The molecule has 0 N–H and O–H groups in total. The SMILES string of the molecule is CC(=O)N(C)C.[Li]. The van der Waals surface area contributed by atoms with Crippen LogP contribution in [0.3, 0.4) is 0 Å². The number of amides is 1. The van der Waals surface area contributed by atoms with E-state index >= 15 is 0 Å². The molecule has 0 heterocycles. The van der Waals surface area contributed by atoms with E-state index in [-0.39, 0.29) is 24.8 Å². The number of carbonyl (C=O) groups excluding carboxylic acids is 1. The molecule has 7 heavy (non-hydrogen) atoms. The Labute approximate surface area is 56.1 Å². The molecule has 0 atom stereocenters. The summed E-state index contributed by atoms with van der Waals surface area (Å²) >= 11 is 0. The van der Waals surface area contributed by atoms with E-state index in [1.165, 1.54) is 11.8 Å². The van der Waals surface area contributed by atoms with Crippen molar-refractivity contribution in [2.45, 2.75) is 6.92 Å². The van der Waals surface area contributed by atoms with Crippen molar-refractivity contribution in [3.8, 4) is 0 Å². The van der Waals surface area contributed by atoms with Crippen LogP contribution < -0.4 is 0 Å². The van der Waals surface area contributed by atoms with E-state index in [2.05, 4.69) is 0 Å². The molecule has 2 nitrogen and oxygen atoms in total. The van der Waals surface area contributed by atoms with Gasteiger partial charge in [0, 0.05) is 39.9 Å². The van der Waals surface area contributed by atoms with Gasteiger partial charge in [-0.15, -0.1) is 0 Å². The summed E-state index contributed by atoms with van der Waals surface area (Å²) in [5.41, 5.74) is 0. The maximum atomic E-state index is 10.1. The van der Waals surface area contributed by atoms with Crippen LogP contribution in [0.2, 0.25) is 0 Å². The van der Waals surface area contributed by atoms with Gasteiger partial charge in [0.25, 0.3) is 0 Å². The summed E-state index contributed by atoms with van der Waals surface area (Å²) in [4.78, 5) is 11.6. The molecule has 0 aliphatic heterocycles. The zero-order chi connectivity index (χ0) is 5.15. The molecule has 0 aromatic heterocycles. The van der Waals surface area contributed by atoms with Crippen molar-refractivity contribution in [1.29, 1.82) is 0 Å². The van der Waals surface area contributed by atoms with Crippen molar-refractivity contribution >= 4 is 24.8 Å². The molecule has 0 rings (SSSR count). The molecule has 0 unspecified atom stereocenters. The second-order valence-electron chi connectivity index (χ2n) is 1.41. The minimum Gasteiger partial charge on any atom is -0.349 e. The molecular formula is C4H9LiNO. The van der Waals surface area contributed by atoms with E-state index in [0.717, 1.165) is 0 Å². The Morgan fingerprint density at radius 3 is 1.57 bits per heavy atom. The molecule has 0 aliphatic rings. The predicted molar refractivity (Wildman–Crippen MR) is 30.1 cm³/mol. The molecule has 0 aromatic carbocycles. The zero-order valence-corrected chi connectivity index (χ0v) is 5.36. The van der Waals surface area contributed by atoms with Crippen molar-refractivity contribution < 1.29 is 4.79 Å². The van der Waals surface area contributed by atoms with Crippen LogP contribution in [0.1, 0.15) is 6.92 Å². The second-order valence-corrected chi connectivity index (χ2v) is 1.41. The number of rotatable bonds is 0. The Kier molecular flexibility index (Phi) is 6.13. The first-order chi connectivity index (χ1) is 2.64. The fourth-order valence-corrected chi connectivity index (χ4v) is 0. The van der Waals surface area contributed by atoms with Gasteiger partial charge in [0.2, 0.25) is 5.91 Å². The normalized spacial score (nSPS) is 6.71. The maximum absolute atomic E-state index is 10.1. The van der Waals surface area contributed by atoms with Crippen LogP contribution in [0.25, 0.3) is 0 Å². The smallest absolute Gasteiger partial charge is 0.218 e. The first kappa shape index (κ1) is 10.1. The maximum Gasteiger partial charge on any atom is 0.218 e. The van der Waals surface area contributed by atoms with Crippen molar-refractivity contribution in [3.05, 3.63) is 0 Å². The van der Waals surface area contributed by atoms with Gasteiger partial charge in [-0.2, -0.15) is 0 Å². The van der Waals surface area contributed by atoms with Gasteiger partial charge < -0.3 is 4.90 Å². The standard InChI is InChI=1S/C4H9NO.Li/c1-4(6)5(2)3;/h1-3H3;. The number of hydrogen-bond donors (Lipinski definition) is 0. The van der Waals surface area contributed by atoms with Crippen LogP contribution in [0.5, 0.6) is 0 Å². The molecule has 0 bridgehead atoms. The van der Waals surface area contributed by atoms with Crippen LogP contribution in [0.15, 0.2) is 0 Å². The molecule has 0 saturated carbocycles. The fraction of sp³-hybridized carbons (Fsp3) is 0.750. The summed E-state index contributed by atoms with van der Waals surface area (Å²) in [6, 6.07) is 0. The molecule has 0 fully saturated rings. The molecule has 1 radical (unpaired) electrons. The summed E-state index contributed by atoms with van der Waals surface area (Å²) in [5.74, 6) is 0.0926. The van der Waals surface area contributed by atoms with Gasteiger partial charge in [-0.05, 0) is 0 Å². The van der Waals surface area contributed by atoms with Gasteiger partial charge in [-0.25, -0.2) is 0 Å². The van der Waals surface area contributed by atoms with E-state index in [4.69, 9.17) is 0 Å². The largest absolute Gasteiger partial charge is 0.349 e. The third-order valence-corrected chi connectivity index (χ3v) is 0.630. The number of carbonyl (C=O) groups is 1. The molecule has 0 saturated heterocycles. The third-order valence-electron chi connectivity index (χ3n) is 0.630. The molecule has 37 valence electrons. The summed E-state index contributed by atoms with van der Waals surface area (Å²) < 4.78 is 0. The van der Waals surface area contributed by atoms with Gasteiger partial charge in [-0.3, -0.25) is 4.79 Å². The Hall–Kier alpha value is 0.0674. The topological polar surface area (TPSA) is 20.3 Å². The van der Waals surface area contributed by atoms with E-state index in [9.17, 15) is 4.79 Å². The van der Waals surface area contributed by atoms with Gasteiger partial charge in [-0.1, -0.05) is 0 Å². The number of hydrogen-bond acceptors (Lipinski definition) is 1. The molecule has 0 aromatic rings. The second kappa shape index (κ2) is 4.23. The zero-order valence-electron chi connectivity index (χ0n) is 5.36. The Morgan fingerprint density at radius 2 is 1.57 bits per heavy atom. The average molecular weight is 94.1 g/mol. The summed E-state index contributed by atoms with van der Waals surface area (Å²) in [6.07, 6.45) is 0. The summed E-state index contributed by atoms with van der Waals surface area (Å²) in [6.45, 7) is 1.53. The summed E-state index contributed by atoms with van der Waals surface area (Å²) in [7, 11) is 3.45. The van der Waals surface area contributed by atoms with Crippen LogP contribution in [-0.4, -0.2) is 43.8 Å². The Balaban J connectivity index is 0. The van der Waals surface area contributed by atoms with Crippen molar-refractivity contribution in [2.24, 2.45) is 0 Å². The van der Waals surface area contributed by atoms with Crippen LogP contribution in [-0.2, 0) is 4.79 Å². The third kappa shape index (κ3) is 6.07. The minimum absolute atomic E-state index is 0. The van der Waals surface area contributed by atoms with Crippen LogP contribution in [0, 0.1) is 0 Å². The monoisotopic (exact) mass is 94.1 g/mol. The molecular weight excluding hydrogens is 85.0 g/mol. The molecule has 3 heteroatoms. The predicted octanol–water partition coefficient (Wildman–Crippen LogP) is -0.286. The van der Waals surface area contributed by atoms with Gasteiger partial charge >= 0.3 is 0 Å². The van der Waals surface area contributed by atoms with Crippen LogP contribution >= 0.6 is 0 Å². The first-order valence-corrected chi connectivity index (χ1v) is 1.82. The van der Waals surface area contributed by atoms with Gasteiger partial charge in [0.1, 0.15) is 0 Å². The van der Waals surface area contributed by atoms with E-state index in [1.807, 2.05) is 0 Å². The molecule has 1 amide bonds. The fourth-order valence-electron chi connectivity index (χ4n) is 0. The summed E-state index contributed by atoms with van der Waals surface area (Å²) in [5, 5.41) is 0. The van der Waals surface area contributed by atoms with Crippen molar-refractivity contribution in [2.75, 3.05) is 14.1 Å². The Bertz CT molecular complexity index is 62.7. The van der Waals surface area contributed by atoms with Crippen molar-refractivity contribution in [1.82, 2.24) is 4.90 Å². The molecule has 0 aliphatic carbocycles. The number of nitrogens with zero attached hydrogens (tertiary/aromatic N) is 1. The minimum atomic E-state index is 0. The quantitative estimate of drug-likeness (QED) is 0.378. The van der Waals surface area contributed by atoms with Crippen molar-refractivity contribution in [3.63, 3.8) is 0 Å². The van der Waals surface area contributed by atoms with E-state index in [1.54, 1.807) is 14.1 Å².